The van der Waals surface area contributed by atoms with E-state index in [9.17, 15) is 4.79 Å². The van der Waals surface area contributed by atoms with Gasteiger partial charge in [-0.05, 0) is 68.5 Å². The van der Waals surface area contributed by atoms with Crippen molar-refractivity contribution < 1.29 is 23.7 Å². The molecule has 2 saturated heterocycles. The molecule has 0 amide bonds. The predicted octanol–water partition coefficient (Wildman–Crippen LogP) is 4.85. The molecule has 4 aromatic rings. The predicted molar refractivity (Wildman–Crippen MR) is 138 cm³/mol. The van der Waals surface area contributed by atoms with Crippen molar-refractivity contribution in [2.24, 2.45) is 0 Å². The summed E-state index contributed by atoms with van der Waals surface area (Å²) in [4.78, 5) is 22.2. The first-order valence-corrected chi connectivity index (χ1v) is 13.0. The summed E-state index contributed by atoms with van der Waals surface area (Å²) < 4.78 is 27.8. The molecule has 194 valence electrons. The highest BCUT2D eigenvalue weighted by molar-refractivity contribution is 5.89. The first kappa shape index (κ1) is 23.5. The van der Waals surface area contributed by atoms with Crippen LogP contribution in [0.1, 0.15) is 58.9 Å². The molecule has 3 aliphatic rings. The minimum Gasteiger partial charge on any atom is -0.451 e. The molecule has 0 spiro atoms. The number of hydrogen-bond acceptors (Lipinski definition) is 7. The molecular formula is C30H29N3O5. The summed E-state index contributed by atoms with van der Waals surface area (Å²) in [5.41, 5.74) is 5.64. The average Bonchev–Trinajstić information content (AvgIpc) is 3.55. The van der Waals surface area contributed by atoms with Gasteiger partial charge in [0, 0.05) is 11.6 Å². The Morgan fingerprint density at radius 2 is 1.82 bits per heavy atom. The molecule has 0 unspecified atom stereocenters. The van der Waals surface area contributed by atoms with Crippen LogP contribution in [0.15, 0.2) is 67.1 Å². The van der Waals surface area contributed by atoms with E-state index >= 15 is 0 Å². The Kier molecular flexibility index (Phi) is 5.40. The molecule has 8 heteroatoms. The molecule has 5 atom stereocenters. The van der Waals surface area contributed by atoms with Gasteiger partial charge >= 0.3 is 5.97 Å². The van der Waals surface area contributed by atoms with E-state index in [1.165, 1.54) is 11.1 Å². The summed E-state index contributed by atoms with van der Waals surface area (Å²) in [7, 11) is 0. The molecule has 1 aliphatic carbocycles. The molecule has 2 aromatic carbocycles. The molecule has 2 aromatic heterocycles. The fourth-order valence-corrected chi connectivity index (χ4v) is 5.85. The maximum atomic E-state index is 13.3. The molecule has 4 heterocycles. The van der Waals surface area contributed by atoms with Crippen LogP contribution >= 0.6 is 0 Å². The summed E-state index contributed by atoms with van der Waals surface area (Å²) in [6, 6.07) is 17.3. The molecule has 0 saturated carbocycles. The largest absolute Gasteiger partial charge is 0.451 e. The number of aryl methyl sites for hydroxylation is 3. The molecule has 2 aliphatic heterocycles. The standard InChI is InChI=1S/C30H29N3O5/c1-17-22-13-14-33(27(22)32-16-31-17)28-26-25(37-30(2,3)38-26)24(35-28)23(21-12-10-18-9-11-20(18)15-21)36-29(34)19-7-5-4-6-8-19/h4-8,10,12-16,23-26,28H,9,11H2,1-3H3/t23-,24-,25-,26-,28-/m1/s1. The van der Waals surface area contributed by atoms with Crippen molar-refractivity contribution in [2.45, 2.75) is 70.0 Å². The van der Waals surface area contributed by atoms with Crippen molar-refractivity contribution >= 4 is 17.0 Å². The van der Waals surface area contributed by atoms with E-state index in [0.717, 1.165) is 35.1 Å². The van der Waals surface area contributed by atoms with E-state index in [4.69, 9.17) is 18.9 Å². The van der Waals surface area contributed by atoms with Gasteiger partial charge in [-0.3, -0.25) is 0 Å². The fraction of sp³-hybridized carbons (Fsp3) is 0.367. The third kappa shape index (κ3) is 3.83. The van der Waals surface area contributed by atoms with E-state index in [2.05, 4.69) is 22.1 Å². The number of aromatic nitrogens is 3. The maximum Gasteiger partial charge on any atom is 0.338 e. The lowest BCUT2D eigenvalue weighted by atomic mass is 9.85. The summed E-state index contributed by atoms with van der Waals surface area (Å²) in [6.45, 7) is 5.75. The number of fused-ring (bicyclic) bond motifs is 3. The van der Waals surface area contributed by atoms with Crippen LogP contribution in [0, 0.1) is 6.92 Å². The van der Waals surface area contributed by atoms with Gasteiger partial charge in [0.25, 0.3) is 0 Å². The Morgan fingerprint density at radius 1 is 1.03 bits per heavy atom. The number of hydrogen-bond donors (Lipinski definition) is 0. The van der Waals surface area contributed by atoms with Crippen molar-refractivity contribution in [3.05, 3.63) is 95.1 Å². The van der Waals surface area contributed by atoms with Crippen LogP contribution in [0.5, 0.6) is 0 Å². The Labute approximate surface area is 220 Å². The third-order valence-electron chi connectivity index (χ3n) is 7.81. The van der Waals surface area contributed by atoms with Gasteiger partial charge in [0.05, 0.1) is 11.3 Å². The molecule has 8 nitrogen and oxygen atoms in total. The SMILES string of the molecule is Cc1ncnc2c1ccn2[C@@H]1O[C@H]([C@H](OC(=O)c2ccccc2)c2ccc3c(c2)CC3)[C@H]2OC(C)(C)O[C@H]21. The molecule has 38 heavy (non-hydrogen) atoms. The Hall–Kier alpha value is -3.59. The van der Waals surface area contributed by atoms with Crippen LogP contribution in [-0.4, -0.2) is 44.6 Å². The lowest BCUT2D eigenvalue weighted by molar-refractivity contribution is -0.207. The van der Waals surface area contributed by atoms with Crippen LogP contribution in [0.25, 0.3) is 11.0 Å². The lowest BCUT2D eigenvalue weighted by Gasteiger charge is -2.30. The third-order valence-corrected chi connectivity index (χ3v) is 7.81. The van der Waals surface area contributed by atoms with E-state index in [1.807, 2.05) is 61.9 Å². The normalized spacial score (nSPS) is 26.0. The zero-order chi connectivity index (χ0) is 26.0. The number of rotatable bonds is 5. The van der Waals surface area contributed by atoms with E-state index in [1.54, 1.807) is 18.5 Å². The minimum absolute atomic E-state index is 0.408. The molecule has 7 rings (SSSR count). The van der Waals surface area contributed by atoms with Gasteiger partial charge in [-0.2, -0.15) is 0 Å². The molecule has 2 fully saturated rings. The quantitative estimate of drug-likeness (QED) is 0.354. The van der Waals surface area contributed by atoms with Gasteiger partial charge in [-0.25, -0.2) is 14.8 Å². The minimum atomic E-state index is -0.822. The Bertz CT molecular complexity index is 1530. The van der Waals surface area contributed by atoms with Crippen molar-refractivity contribution in [3.8, 4) is 0 Å². The van der Waals surface area contributed by atoms with Crippen LogP contribution < -0.4 is 0 Å². The van der Waals surface area contributed by atoms with Crippen LogP contribution in [-0.2, 0) is 31.8 Å². The van der Waals surface area contributed by atoms with E-state index in [0.29, 0.717) is 5.56 Å². The molecule has 0 N–H and O–H groups in total. The second-order valence-corrected chi connectivity index (χ2v) is 10.7. The van der Waals surface area contributed by atoms with Gasteiger partial charge in [0.2, 0.25) is 0 Å². The summed E-state index contributed by atoms with van der Waals surface area (Å²) in [5, 5.41) is 0.948. The smallest absolute Gasteiger partial charge is 0.338 e. The first-order chi connectivity index (χ1) is 18.4. The second-order valence-electron chi connectivity index (χ2n) is 10.7. The lowest BCUT2D eigenvalue weighted by Crippen LogP contribution is -2.36. The average molecular weight is 512 g/mol. The van der Waals surface area contributed by atoms with Crippen molar-refractivity contribution in [2.75, 3.05) is 0 Å². The van der Waals surface area contributed by atoms with Crippen LogP contribution in [0.4, 0.5) is 0 Å². The summed E-state index contributed by atoms with van der Waals surface area (Å²) in [6.07, 6.45) is 2.89. The van der Waals surface area contributed by atoms with Crippen LogP contribution in [0.3, 0.4) is 0 Å². The van der Waals surface area contributed by atoms with Gasteiger partial charge in [0.15, 0.2) is 18.1 Å². The highest BCUT2D eigenvalue weighted by atomic mass is 16.8. The highest BCUT2D eigenvalue weighted by Gasteiger charge is 2.59. The van der Waals surface area contributed by atoms with Gasteiger partial charge in [-0.1, -0.05) is 36.4 Å². The highest BCUT2D eigenvalue weighted by Crippen LogP contribution is 2.48. The number of carbonyl (C=O) groups is 1. The van der Waals surface area contributed by atoms with E-state index in [-0.39, 0.29) is 0 Å². The van der Waals surface area contributed by atoms with Crippen molar-refractivity contribution in [1.29, 1.82) is 0 Å². The van der Waals surface area contributed by atoms with Crippen molar-refractivity contribution in [3.63, 3.8) is 0 Å². The van der Waals surface area contributed by atoms with Crippen molar-refractivity contribution in [1.82, 2.24) is 14.5 Å². The number of carbonyl (C=O) groups excluding carboxylic acids is 1. The second kappa shape index (κ2) is 8.73. The van der Waals surface area contributed by atoms with E-state index < -0.39 is 42.4 Å². The molecule has 0 bridgehead atoms. The van der Waals surface area contributed by atoms with Gasteiger partial charge < -0.3 is 23.5 Å². The monoisotopic (exact) mass is 511 g/mol. The zero-order valence-corrected chi connectivity index (χ0v) is 21.5. The number of nitrogens with zero attached hydrogens (tertiary/aromatic N) is 3. The maximum absolute atomic E-state index is 13.3. The molecular weight excluding hydrogens is 482 g/mol. The zero-order valence-electron chi connectivity index (χ0n) is 21.5. The number of esters is 1. The fourth-order valence-electron chi connectivity index (χ4n) is 5.85. The van der Waals surface area contributed by atoms with Crippen LogP contribution in [0.2, 0.25) is 0 Å². The van der Waals surface area contributed by atoms with Gasteiger partial charge in [0.1, 0.15) is 30.3 Å². The Morgan fingerprint density at radius 3 is 2.58 bits per heavy atom. The number of benzene rings is 2. The van der Waals surface area contributed by atoms with Gasteiger partial charge in [-0.15, -0.1) is 0 Å². The Balaban J connectivity index is 1.30. The summed E-state index contributed by atoms with van der Waals surface area (Å²) in [5.74, 6) is -1.23. The first-order valence-electron chi connectivity index (χ1n) is 13.0. The number of ether oxygens (including phenoxy) is 4. The molecule has 0 radical (unpaired) electrons. The topological polar surface area (TPSA) is 84.7 Å². The summed E-state index contributed by atoms with van der Waals surface area (Å²) >= 11 is 0.